The molecule has 1 aromatic heterocycles. The molecule has 0 spiro atoms. The Morgan fingerprint density at radius 1 is 1.35 bits per heavy atom. The van der Waals surface area contributed by atoms with Gasteiger partial charge in [0, 0.05) is 6.04 Å². The van der Waals surface area contributed by atoms with Crippen molar-refractivity contribution in [2.45, 2.75) is 45.2 Å². The van der Waals surface area contributed by atoms with Crippen LogP contribution in [0.1, 0.15) is 37.1 Å². The van der Waals surface area contributed by atoms with Gasteiger partial charge >= 0.3 is 0 Å². The number of aryl methyl sites for hydroxylation is 1. The van der Waals surface area contributed by atoms with E-state index in [1.165, 1.54) is 31.2 Å². The second kappa shape index (κ2) is 4.49. The van der Waals surface area contributed by atoms with Gasteiger partial charge < -0.3 is 9.73 Å². The van der Waals surface area contributed by atoms with Crippen molar-refractivity contribution in [2.24, 2.45) is 0 Å². The Balaban J connectivity index is 1.72. The van der Waals surface area contributed by atoms with Gasteiger partial charge in [-0.25, -0.2) is 4.98 Å². The Morgan fingerprint density at radius 2 is 2.18 bits per heavy atom. The molecule has 0 bridgehead atoms. The Labute approximate surface area is 101 Å². The Kier molecular flexibility index (Phi) is 2.85. The maximum Gasteiger partial charge on any atom is 0.209 e. The molecule has 0 radical (unpaired) electrons. The first kappa shape index (κ1) is 10.8. The summed E-state index contributed by atoms with van der Waals surface area (Å²) >= 11 is 0. The van der Waals surface area contributed by atoms with Crippen LogP contribution in [0.15, 0.2) is 22.6 Å². The van der Waals surface area contributed by atoms with Crippen molar-refractivity contribution < 1.29 is 4.42 Å². The largest absolute Gasteiger partial charge is 0.439 e. The topological polar surface area (TPSA) is 38.1 Å². The van der Waals surface area contributed by atoms with E-state index in [9.17, 15) is 0 Å². The molecular formula is C14H18N2O. The van der Waals surface area contributed by atoms with E-state index in [0.717, 1.165) is 23.5 Å². The lowest BCUT2D eigenvalue weighted by molar-refractivity contribution is 0.450. The van der Waals surface area contributed by atoms with Gasteiger partial charge in [0.1, 0.15) is 5.52 Å². The fourth-order valence-corrected chi connectivity index (χ4v) is 2.52. The van der Waals surface area contributed by atoms with E-state index in [-0.39, 0.29) is 0 Å². The summed E-state index contributed by atoms with van der Waals surface area (Å²) in [7, 11) is 0. The van der Waals surface area contributed by atoms with Crippen LogP contribution in [0.4, 0.5) is 0 Å². The maximum atomic E-state index is 5.71. The third kappa shape index (κ3) is 2.34. The highest BCUT2D eigenvalue weighted by molar-refractivity contribution is 5.73. The van der Waals surface area contributed by atoms with Crippen LogP contribution in [-0.4, -0.2) is 11.0 Å². The summed E-state index contributed by atoms with van der Waals surface area (Å²) in [4.78, 5) is 4.51. The summed E-state index contributed by atoms with van der Waals surface area (Å²) in [5.41, 5.74) is 3.08. The Bertz CT molecular complexity index is 512. The molecule has 1 heterocycles. The summed E-state index contributed by atoms with van der Waals surface area (Å²) in [5.74, 6) is 0.803. The van der Waals surface area contributed by atoms with E-state index < -0.39 is 0 Å². The summed E-state index contributed by atoms with van der Waals surface area (Å²) in [5, 5.41) is 3.52. The maximum absolute atomic E-state index is 5.71. The van der Waals surface area contributed by atoms with E-state index in [0.29, 0.717) is 6.04 Å². The van der Waals surface area contributed by atoms with Gasteiger partial charge in [-0.2, -0.15) is 0 Å². The zero-order valence-corrected chi connectivity index (χ0v) is 10.2. The van der Waals surface area contributed by atoms with Crippen LogP contribution in [0, 0.1) is 6.92 Å². The van der Waals surface area contributed by atoms with Gasteiger partial charge in [-0.3, -0.25) is 0 Å². The molecule has 1 aliphatic carbocycles. The smallest absolute Gasteiger partial charge is 0.209 e. The molecule has 0 saturated heterocycles. The van der Waals surface area contributed by atoms with Crippen LogP contribution in [0.25, 0.3) is 11.1 Å². The third-order valence-corrected chi connectivity index (χ3v) is 3.48. The number of rotatable bonds is 3. The van der Waals surface area contributed by atoms with E-state index in [1.807, 2.05) is 6.07 Å². The van der Waals surface area contributed by atoms with E-state index in [4.69, 9.17) is 4.42 Å². The molecule has 0 aliphatic heterocycles. The molecule has 1 aliphatic rings. The van der Waals surface area contributed by atoms with Crippen molar-refractivity contribution in [1.29, 1.82) is 0 Å². The number of hydrogen-bond donors (Lipinski definition) is 1. The second-order valence-corrected chi connectivity index (χ2v) is 4.94. The van der Waals surface area contributed by atoms with Crippen LogP contribution in [0.2, 0.25) is 0 Å². The lowest BCUT2D eigenvalue weighted by Crippen LogP contribution is -2.25. The predicted molar refractivity (Wildman–Crippen MR) is 67.8 cm³/mol. The summed E-state index contributed by atoms with van der Waals surface area (Å²) in [6, 6.07) is 6.78. The number of benzene rings is 1. The van der Waals surface area contributed by atoms with Gasteiger partial charge in [0.05, 0.1) is 6.54 Å². The van der Waals surface area contributed by atoms with Crippen LogP contribution < -0.4 is 5.32 Å². The minimum atomic E-state index is 0.659. The van der Waals surface area contributed by atoms with Gasteiger partial charge in [0.15, 0.2) is 5.58 Å². The molecular weight excluding hydrogens is 212 g/mol. The summed E-state index contributed by atoms with van der Waals surface area (Å²) in [6.07, 6.45) is 5.29. The van der Waals surface area contributed by atoms with Gasteiger partial charge in [-0.1, -0.05) is 18.9 Å². The average Bonchev–Trinajstić information content (AvgIpc) is 2.94. The lowest BCUT2D eigenvalue weighted by atomic mass is 10.2. The highest BCUT2D eigenvalue weighted by Gasteiger charge is 2.15. The van der Waals surface area contributed by atoms with Gasteiger partial charge in [-0.15, -0.1) is 0 Å². The molecule has 0 amide bonds. The molecule has 0 unspecified atom stereocenters. The van der Waals surface area contributed by atoms with Crippen LogP contribution in [-0.2, 0) is 6.54 Å². The number of aromatic nitrogens is 1. The molecule has 2 aromatic rings. The average molecular weight is 230 g/mol. The molecule has 1 N–H and O–H groups in total. The normalized spacial score (nSPS) is 17.0. The predicted octanol–water partition coefficient (Wildman–Crippen LogP) is 3.17. The van der Waals surface area contributed by atoms with Crippen molar-refractivity contribution in [3.8, 4) is 0 Å². The minimum Gasteiger partial charge on any atom is -0.439 e. The Hall–Kier alpha value is -1.35. The molecule has 1 fully saturated rings. The number of nitrogens with zero attached hydrogens (tertiary/aromatic N) is 1. The molecule has 3 nitrogen and oxygen atoms in total. The Morgan fingerprint density at radius 3 is 3.00 bits per heavy atom. The molecule has 1 aromatic carbocycles. The van der Waals surface area contributed by atoms with Crippen molar-refractivity contribution in [1.82, 2.24) is 10.3 Å². The molecule has 3 heteroatoms. The minimum absolute atomic E-state index is 0.659. The van der Waals surface area contributed by atoms with Gasteiger partial charge in [0.2, 0.25) is 5.89 Å². The molecule has 17 heavy (non-hydrogen) atoms. The van der Waals surface area contributed by atoms with Crippen LogP contribution in [0.3, 0.4) is 0 Å². The highest BCUT2D eigenvalue weighted by Crippen LogP contribution is 2.20. The standard InChI is InChI=1S/C14H18N2O/c1-10-6-7-13-12(8-10)16-14(17-13)9-15-11-4-2-3-5-11/h6-8,11,15H,2-5,9H2,1H3. The zero-order valence-electron chi connectivity index (χ0n) is 10.2. The zero-order chi connectivity index (χ0) is 11.7. The molecule has 0 atom stereocenters. The number of oxazole rings is 1. The first-order valence-electron chi connectivity index (χ1n) is 6.41. The van der Waals surface area contributed by atoms with E-state index in [2.05, 4.69) is 29.4 Å². The first-order valence-corrected chi connectivity index (χ1v) is 6.41. The highest BCUT2D eigenvalue weighted by atomic mass is 16.3. The number of hydrogen-bond acceptors (Lipinski definition) is 3. The fraction of sp³-hybridized carbons (Fsp3) is 0.500. The monoisotopic (exact) mass is 230 g/mol. The molecule has 90 valence electrons. The third-order valence-electron chi connectivity index (χ3n) is 3.48. The first-order chi connectivity index (χ1) is 8.31. The summed E-state index contributed by atoms with van der Waals surface area (Å²) in [6.45, 7) is 2.82. The van der Waals surface area contributed by atoms with Crippen LogP contribution >= 0.6 is 0 Å². The van der Waals surface area contributed by atoms with Crippen molar-refractivity contribution in [3.63, 3.8) is 0 Å². The number of fused-ring (bicyclic) bond motifs is 1. The lowest BCUT2D eigenvalue weighted by Gasteiger charge is -2.08. The number of nitrogens with one attached hydrogen (secondary N) is 1. The van der Waals surface area contributed by atoms with Crippen molar-refractivity contribution in [3.05, 3.63) is 29.7 Å². The van der Waals surface area contributed by atoms with Gasteiger partial charge in [0.25, 0.3) is 0 Å². The SMILES string of the molecule is Cc1ccc2oc(CNC3CCCC3)nc2c1. The summed E-state index contributed by atoms with van der Waals surface area (Å²) < 4.78 is 5.71. The quantitative estimate of drug-likeness (QED) is 0.880. The second-order valence-electron chi connectivity index (χ2n) is 4.94. The molecule has 3 rings (SSSR count). The van der Waals surface area contributed by atoms with E-state index >= 15 is 0 Å². The van der Waals surface area contributed by atoms with Gasteiger partial charge in [-0.05, 0) is 37.5 Å². The van der Waals surface area contributed by atoms with E-state index in [1.54, 1.807) is 0 Å². The van der Waals surface area contributed by atoms with Crippen molar-refractivity contribution >= 4 is 11.1 Å². The van der Waals surface area contributed by atoms with Crippen LogP contribution in [0.5, 0.6) is 0 Å². The van der Waals surface area contributed by atoms with Crippen molar-refractivity contribution in [2.75, 3.05) is 0 Å². The molecule has 1 saturated carbocycles. The fourth-order valence-electron chi connectivity index (χ4n) is 2.52.